The molecule has 2 aromatic rings. The molecule has 0 heteroatoms. The van der Waals surface area contributed by atoms with Crippen LogP contribution in [-0.2, 0) is 0 Å². The van der Waals surface area contributed by atoms with Crippen molar-refractivity contribution < 1.29 is 0 Å². The summed E-state index contributed by atoms with van der Waals surface area (Å²) in [5, 5.41) is 2.63. The van der Waals surface area contributed by atoms with Gasteiger partial charge in [0.05, 0.1) is 0 Å². The fourth-order valence-electron chi connectivity index (χ4n) is 2.03. The molecule has 0 N–H and O–H groups in total. The smallest absolute Gasteiger partial charge is 0.0106 e. The van der Waals surface area contributed by atoms with Gasteiger partial charge >= 0.3 is 0 Å². The number of hydrogen-bond acceptors (Lipinski definition) is 0. The van der Waals surface area contributed by atoms with Crippen molar-refractivity contribution in [2.24, 2.45) is 0 Å². The second-order valence-corrected chi connectivity index (χ2v) is 3.67. The summed E-state index contributed by atoms with van der Waals surface area (Å²) in [7, 11) is 0. The van der Waals surface area contributed by atoms with Crippen molar-refractivity contribution in [1.29, 1.82) is 0 Å². The summed E-state index contributed by atoms with van der Waals surface area (Å²) >= 11 is 0. The predicted octanol–water partition coefficient (Wildman–Crippen LogP) is 6.15. The minimum atomic E-state index is 1.26. The molecule has 2 aromatic carbocycles. The lowest BCUT2D eigenvalue weighted by Crippen LogP contribution is -1.87. The highest BCUT2D eigenvalue weighted by Crippen LogP contribution is 2.26. The van der Waals surface area contributed by atoms with Crippen molar-refractivity contribution in [1.82, 2.24) is 0 Å². The van der Waals surface area contributed by atoms with Gasteiger partial charge in [-0.05, 0) is 41.3 Å². The first-order valence-corrected chi connectivity index (χ1v) is 6.85. The molecule has 0 aliphatic heterocycles. The largest absolute Gasteiger partial charge is 0.0984 e. The maximum atomic E-state index is 3.87. The molecule has 0 fully saturated rings. The second kappa shape index (κ2) is 8.52. The van der Waals surface area contributed by atoms with E-state index in [1.807, 2.05) is 33.8 Å². The first-order valence-electron chi connectivity index (χ1n) is 6.85. The van der Waals surface area contributed by atoms with E-state index in [-0.39, 0.29) is 0 Å². The Kier molecular flexibility index (Phi) is 7.78. The molecule has 0 aliphatic rings. The molecule has 18 heavy (non-hydrogen) atoms. The van der Waals surface area contributed by atoms with Gasteiger partial charge < -0.3 is 0 Å². The molecule has 0 saturated carbocycles. The van der Waals surface area contributed by atoms with Gasteiger partial charge in [-0.2, -0.15) is 0 Å². The summed E-state index contributed by atoms with van der Waals surface area (Å²) in [4.78, 5) is 0. The molecule has 0 atom stereocenters. The summed E-state index contributed by atoms with van der Waals surface area (Å²) in [6, 6.07) is 10.7. The third-order valence-corrected chi connectivity index (χ3v) is 2.70. The average Bonchev–Trinajstić information content (AvgIpc) is 2.44. The van der Waals surface area contributed by atoms with Gasteiger partial charge in [0.1, 0.15) is 0 Å². The third-order valence-electron chi connectivity index (χ3n) is 2.70. The van der Waals surface area contributed by atoms with Crippen molar-refractivity contribution in [3.63, 3.8) is 0 Å². The van der Waals surface area contributed by atoms with Crippen LogP contribution in [-0.4, -0.2) is 0 Å². The normalized spacial score (nSPS) is 8.78. The van der Waals surface area contributed by atoms with Gasteiger partial charge in [0.25, 0.3) is 0 Å². The van der Waals surface area contributed by atoms with Crippen LogP contribution in [0.15, 0.2) is 36.9 Å². The van der Waals surface area contributed by atoms with E-state index in [4.69, 9.17) is 0 Å². The zero-order valence-corrected chi connectivity index (χ0v) is 12.7. The van der Waals surface area contributed by atoms with Crippen LogP contribution in [0.1, 0.15) is 44.4 Å². The number of benzene rings is 2. The highest BCUT2D eigenvalue weighted by atomic mass is 14.1. The zero-order valence-electron chi connectivity index (χ0n) is 12.7. The van der Waals surface area contributed by atoms with Crippen LogP contribution in [0.5, 0.6) is 0 Å². The Morgan fingerprint density at radius 3 is 1.83 bits per heavy atom. The first-order chi connectivity index (χ1) is 8.74. The predicted molar refractivity (Wildman–Crippen MR) is 86.2 cm³/mol. The summed E-state index contributed by atoms with van der Waals surface area (Å²) in [6.07, 6.45) is 1.94. The highest BCUT2D eigenvalue weighted by molar-refractivity contribution is 5.93. The molecule has 98 valence electrons. The topological polar surface area (TPSA) is 0 Å². The molecule has 0 bridgehead atoms. The summed E-state index contributed by atoms with van der Waals surface area (Å²) in [6.45, 7) is 16.2. The van der Waals surface area contributed by atoms with Crippen molar-refractivity contribution in [3.8, 4) is 0 Å². The fraction of sp³-hybridized carbons (Fsp3) is 0.333. The molecule has 0 spiro atoms. The van der Waals surface area contributed by atoms with Gasteiger partial charge in [-0.3, -0.25) is 0 Å². The molecule has 0 aromatic heterocycles. The van der Waals surface area contributed by atoms with E-state index in [1.165, 1.54) is 27.5 Å². The molecule has 0 heterocycles. The number of hydrogen-bond donors (Lipinski definition) is 0. The van der Waals surface area contributed by atoms with Crippen LogP contribution in [0.3, 0.4) is 0 Å². The lowest BCUT2D eigenvalue weighted by atomic mass is 9.96. The van der Waals surface area contributed by atoms with E-state index >= 15 is 0 Å². The Labute approximate surface area is 112 Å². The van der Waals surface area contributed by atoms with E-state index in [0.717, 1.165) is 0 Å². The second-order valence-electron chi connectivity index (χ2n) is 3.67. The van der Waals surface area contributed by atoms with E-state index in [2.05, 4.69) is 50.8 Å². The molecule has 0 saturated heterocycles. The molecule has 0 aliphatic carbocycles. The molecular formula is C18H26. The fourth-order valence-corrected chi connectivity index (χ4v) is 2.03. The van der Waals surface area contributed by atoms with E-state index in [0.29, 0.717) is 0 Å². The molecule has 0 radical (unpaired) electrons. The maximum absolute atomic E-state index is 3.87. The average molecular weight is 242 g/mol. The number of rotatable bonds is 1. The van der Waals surface area contributed by atoms with Gasteiger partial charge in [0, 0.05) is 0 Å². The Hall–Kier alpha value is -1.56. The summed E-state index contributed by atoms with van der Waals surface area (Å²) < 4.78 is 0. The van der Waals surface area contributed by atoms with Crippen molar-refractivity contribution >= 4 is 16.8 Å². The van der Waals surface area contributed by atoms with Crippen LogP contribution in [0, 0.1) is 13.8 Å². The Morgan fingerprint density at radius 1 is 0.833 bits per heavy atom. The van der Waals surface area contributed by atoms with Crippen molar-refractivity contribution in [3.05, 3.63) is 53.6 Å². The first kappa shape index (κ1) is 16.4. The lowest BCUT2D eigenvalue weighted by molar-refractivity contribution is 1.41. The third kappa shape index (κ3) is 3.46. The lowest BCUT2D eigenvalue weighted by Gasteiger charge is -2.09. The van der Waals surface area contributed by atoms with Gasteiger partial charge in [0.15, 0.2) is 0 Å². The van der Waals surface area contributed by atoms with Crippen molar-refractivity contribution in [2.75, 3.05) is 0 Å². The molecular weight excluding hydrogens is 216 g/mol. The molecule has 0 unspecified atom stereocenters. The zero-order chi connectivity index (χ0) is 14.1. The molecule has 0 nitrogen and oxygen atoms in total. The van der Waals surface area contributed by atoms with E-state index < -0.39 is 0 Å². The maximum Gasteiger partial charge on any atom is -0.0106 e. The number of fused-ring (bicyclic) bond motifs is 1. The van der Waals surface area contributed by atoms with Gasteiger partial charge in [-0.25, -0.2) is 0 Å². The molecule has 0 amide bonds. The summed E-state index contributed by atoms with van der Waals surface area (Å²) in [5.41, 5.74) is 3.89. The standard InChI is InChI=1S/C14H14.2C2H6/c1-4-12-10(2)9-11(3)13-7-5-6-8-14(12)13;2*1-2/h4-9H,1H2,2-3H3;2*1-2H3. The Balaban J connectivity index is 0.000000659. The van der Waals surface area contributed by atoms with Crippen LogP contribution >= 0.6 is 0 Å². The van der Waals surface area contributed by atoms with E-state index in [1.54, 1.807) is 0 Å². The quantitative estimate of drug-likeness (QED) is 0.562. The van der Waals surface area contributed by atoms with Crippen LogP contribution < -0.4 is 0 Å². The minimum absolute atomic E-state index is 1.26. The van der Waals surface area contributed by atoms with Gasteiger partial charge in [0.2, 0.25) is 0 Å². The van der Waals surface area contributed by atoms with Crippen LogP contribution in [0.4, 0.5) is 0 Å². The SMILES string of the molecule is C=Cc1c(C)cc(C)c2ccccc12.CC.CC. The van der Waals surface area contributed by atoms with Crippen molar-refractivity contribution in [2.45, 2.75) is 41.5 Å². The Bertz CT molecular complexity index is 493. The van der Waals surface area contributed by atoms with Crippen LogP contribution in [0.25, 0.3) is 16.8 Å². The van der Waals surface area contributed by atoms with Gasteiger partial charge in [-0.15, -0.1) is 0 Å². The number of aryl methyl sites for hydroxylation is 2. The van der Waals surface area contributed by atoms with Crippen LogP contribution in [0.2, 0.25) is 0 Å². The molecule has 2 rings (SSSR count). The monoisotopic (exact) mass is 242 g/mol. The minimum Gasteiger partial charge on any atom is -0.0984 e. The highest BCUT2D eigenvalue weighted by Gasteiger charge is 2.03. The van der Waals surface area contributed by atoms with E-state index in [9.17, 15) is 0 Å². The summed E-state index contributed by atoms with van der Waals surface area (Å²) in [5.74, 6) is 0. The van der Waals surface area contributed by atoms with Gasteiger partial charge in [-0.1, -0.05) is 70.7 Å². The Morgan fingerprint density at radius 2 is 1.33 bits per heavy atom.